The molecule has 2 N–H and O–H groups in total. The van der Waals surface area contributed by atoms with Crippen molar-refractivity contribution in [2.75, 3.05) is 18.4 Å². The Bertz CT molecular complexity index is 561. The van der Waals surface area contributed by atoms with Crippen LogP contribution in [0.2, 0.25) is 0 Å². The van der Waals surface area contributed by atoms with E-state index in [2.05, 4.69) is 25.9 Å². The van der Waals surface area contributed by atoms with Crippen molar-refractivity contribution in [2.24, 2.45) is 0 Å². The molecule has 7 nitrogen and oxygen atoms in total. The van der Waals surface area contributed by atoms with Gasteiger partial charge in [-0.3, -0.25) is 4.79 Å². The third-order valence-corrected chi connectivity index (χ3v) is 3.10. The van der Waals surface area contributed by atoms with Gasteiger partial charge < -0.3 is 10.2 Å². The Morgan fingerprint density at radius 3 is 2.89 bits per heavy atom. The number of anilines is 2. The van der Waals surface area contributed by atoms with Gasteiger partial charge in [-0.2, -0.15) is 5.21 Å². The van der Waals surface area contributed by atoms with Crippen molar-refractivity contribution in [3.8, 4) is 0 Å². The van der Waals surface area contributed by atoms with Gasteiger partial charge in [-0.15, -0.1) is 5.10 Å². The minimum absolute atomic E-state index is 0.0780. The molecule has 0 unspecified atom stereocenters. The maximum absolute atomic E-state index is 12.2. The van der Waals surface area contributed by atoms with Gasteiger partial charge in [0.15, 0.2) is 0 Å². The van der Waals surface area contributed by atoms with Crippen LogP contribution in [0.25, 0.3) is 0 Å². The maximum atomic E-state index is 12.2. The van der Waals surface area contributed by atoms with Gasteiger partial charge in [0.05, 0.1) is 0 Å². The van der Waals surface area contributed by atoms with Gasteiger partial charge in [0, 0.05) is 24.3 Å². The fourth-order valence-electron chi connectivity index (χ4n) is 2.18. The van der Waals surface area contributed by atoms with Crippen molar-refractivity contribution < 1.29 is 4.79 Å². The number of hydrogen-bond acceptors (Lipinski definition) is 5. The summed E-state index contributed by atoms with van der Waals surface area (Å²) in [6.45, 7) is 1.70. The number of carbonyl (C=O) groups excluding carboxylic acids is 1. The summed E-state index contributed by atoms with van der Waals surface area (Å²) in [5, 5.41) is 16.4. The average molecular weight is 258 g/mol. The quantitative estimate of drug-likeness (QED) is 0.863. The topological polar surface area (TPSA) is 86.8 Å². The van der Waals surface area contributed by atoms with Gasteiger partial charge in [0.1, 0.15) is 0 Å². The number of aromatic nitrogens is 4. The van der Waals surface area contributed by atoms with Crippen LogP contribution in [-0.4, -0.2) is 44.5 Å². The highest BCUT2D eigenvalue weighted by Crippen LogP contribution is 2.17. The number of H-pyrrole nitrogens is 1. The van der Waals surface area contributed by atoms with Crippen LogP contribution in [0, 0.1) is 0 Å². The van der Waals surface area contributed by atoms with Gasteiger partial charge in [-0.05, 0) is 36.3 Å². The first-order valence-electron chi connectivity index (χ1n) is 6.23. The molecule has 2 heterocycles. The van der Waals surface area contributed by atoms with Crippen molar-refractivity contribution in [3.63, 3.8) is 0 Å². The van der Waals surface area contributed by atoms with Crippen molar-refractivity contribution in [3.05, 3.63) is 29.8 Å². The molecule has 1 saturated heterocycles. The van der Waals surface area contributed by atoms with E-state index in [-0.39, 0.29) is 5.91 Å². The summed E-state index contributed by atoms with van der Waals surface area (Å²) in [6.07, 6.45) is 2.18. The fourth-order valence-corrected chi connectivity index (χ4v) is 2.18. The first-order chi connectivity index (χ1) is 9.33. The first kappa shape index (κ1) is 11.6. The average Bonchev–Trinajstić information content (AvgIpc) is 3.11. The second-order valence-electron chi connectivity index (χ2n) is 4.44. The summed E-state index contributed by atoms with van der Waals surface area (Å²) >= 11 is 0. The van der Waals surface area contributed by atoms with Crippen LogP contribution < -0.4 is 5.32 Å². The molecule has 1 aromatic carbocycles. The molecular formula is C12H14N6O. The molecule has 0 spiro atoms. The van der Waals surface area contributed by atoms with E-state index in [4.69, 9.17) is 0 Å². The summed E-state index contributed by atoms with van der Waals surface area (Å²) in [6, 6.07) is 7.32. The summed E-state index contributed by atoms with van der Waals surface area (Å²) < 4.78 is 0. The van der Waals surface area contributed by atoms with E-state index in [0.717, 1.165) is 31.6 Å². The van der Waals surface area contributed by atoms with Crippen LogP contribution in [-0.2, 0) is 0 Å². The number of rotatable bonds is 3. The zero-order valence-corrected chi connectivity index (χ0v) is 10.3. The molecule has 1 fully saturated rings. The minimum Gasteiger partial charge on any atom is -0.339 e. The number of likely N-dealkylation sites (tertiary alicyclic amines) is 1. The van der Waals surface area contributed by atoms with Gasteiger partial charge >= 0.3 is 0 Å². The third kappa shape index (κ3) is 2.54. The lowest BCUT2D eigenvalue weighted by Crippen LogP contribution is -2.27. The molecular weight excluding hydrogens is 244 g/mol. The van der Waals surface area contributed by atoms with Crippen LogP contribution in [0.3, 0.4) is 0 Å². The summed E-state index contributed by atoms with van der Waals surface area (Å²) in [4.78, 5) is 14.1. The first-order valence-corrected chi connectivity index (χ1v) is 6.23. The van der Waals surface area contributed by atoms with Crippen molar-refractivity contribution in [1.29, 1.82) is 0 Å². The highest BCUT2D eigenvalue weighted by Gasteiger charge is 2.19. The fraction of sp³-hybridized carbons (Fsp3) is 0.333. The predicted molar refractivity (Wildman–Crippen MR) is 69.0 cm³/mol. The van der Waals surface area contributed by atoms with E-state index in [1.54, 1.807) is 6.07 Å². The molecule has 1 aromatic heterocycles. The predicted octanol–water partition coefficient (Wildman–Crippen LogP) is 1.18. The Hall–Kier alpha value is -2.44. The van der Waals surface area contributed by atoms with E-state index < -0.39 is 0 Å². The minimum atomic E-state index is 0.0780. The lowest BCUT2D eigenvalue weighted by Gasteiger charge is -2.15. The monoisotopic (exact) mass is 258 g/mol. The van der Waals surface area contributed by atoms with Crippen LogP contribution in [0.5, 0.6) is 0 Å². The Labute approximate surface area is 110 Å². The smallest absolute Gasteiger partial charge is 0.267 e. The van der Waals surface area contributed by atoms with E-state index in [1.165, 1.54) is 0 Å². The number of amides is 1. The Kier molecular flexibility index (Phi) is 3.09. The molecule has 0 bridgehead atoms. The second kappa shape index (κ2) is 5.05. The van der Waals surface area contributed by atoms with E-state index >= 15 is 0 Å². The number of nitrogens with zero attached hydrogens (tertiary/aromatic N) is 4. The van der Waals surface area contributed by atoms with Crippen molar-refractivity contribution in [1.82, 2.24) is 25.5 Å². The molecule has 0 saturated carbocycles. The maximum Gasteiger partial charge on any atom is 0.267 e. The summed E-state index contributed by atoms with van der Waals surface area (Å²) in [7, 11) is 0. The number of nitrogens with one attached hydrogen (secondary N) is 2. The van der Waals surface area contributed by atoms with Crippen LogP contribution >= 0.6 is 0 Å². The van der Waals surface area contributed by atoms with Gasteiger partial charge in [-0.1, -0.05) is 11.2 Å². The largest absolute Gasteiger partial charge is 0.339 e. The third-order valence-electron chi connectivity index (χ3n) is 3.10. The lowest BCUT2D eigenvalue weighted by molar-refractivity contribution is 0.0793. The summed E-state index contributed by atoms with van der Waals surface area (Å²) in [5.41, 5.74) is 1.45. The Morgan fingerprint density at radius 2 is 2.16 bits per heavy atom. The molecule has 19 heavy (non-hydrogen) atoms. The molecule has 98 valence electrons. The molecule has 3 rings (SSSR count). The van der Waals surface area contributed by atoms with Gasteiger partial charge in [-0.25, -0.2) is 0 Å². The molecule has 0 atom stereocenters. The van der Waals surface area contributed by atoms with E-state index in [9.17, 15) is 4.79 Å². The molecule has 7 heteroatoms. The number of carbonyl (C=O) groups is 1. The number of tetrazole rings is 1. The molecule has 1 aliphatic rings. The number of aromatic amines is 1. The Morgan fingerprint density at radius 1 is 1.32 bits per heavy atom. The molecule has 0 aliphatic carbocycles. The molecule has 1 amide bonds. The van der Waals surface area contributed by atoms with Crippen molar-refractivity contribution in [2.45, 2.75) is 12.8 Å². The normalized spacial score (nSPS) is 14.6. The zero-order valence-electron chi connectivity index (χ0n) is 10.3. The Balaban J connectivity index is 1.77. The molecule has 0 radical (unpaired) electrons. The van der Waals surface area contributed by atoms with Crippen LogP contribution in [0.15, 0.2) is 24.3 Å². The van der Waals surface area contributed by atoms with Crippen LogP contribution in [0.1, 0.15) is 23.2 Å². The zero-order chi connectivity index (χ0) is 13.1. The van der Waals surface area contributed by atoms with E-state index in [1.807, 2.05) is 23.1 Å². The van der Waals surface area contributed by atoms with Gasteiger partial charge in [0.2, 0.25) is 0 Å². The molecule has 1 aliphatic heterocycles. The number of hydrogen-bond donors (Lipinski definition) is 2. The highest BCUT2D eigenvalue weighted by atomic mass is 16.2. The SMILES string of the molecule is O=C(c1cccc(Nc2nn[nH]n2)c1)N1CCCC1. The standard InChI is InChI=1S/C12H14N6O/c19-11(18-6-1-2-7-18)9-4-3-5-10(8-9)13-12-14-16-17-15-12/h3-5,8H,1-2,6-7H2,(H2,13,14,15,16,17). The molecule has 2 aromatic rings. The summed E-state index contributed by atoms with van der Waals surface area (Å²) in [5.74, 6) is 0.458. The van der Waals surface area contributed by atoms with E-state index in [0.29, 0.717) is 11.5 Å². The van der Waals surface area contributed by atoms with Crippen molar-refractivity contribution >= 4 is 17.5 Å². The van der Waals surface area contributed by atoms with Crippen LogP contribution in [0.4, 0.5) is 11.6 Å². The number of benzene rings is 1. The highest BCUT2D eigenvalue weighted by molar-refractivity contribution is 5.95. The lowest BCUT2D eigenvalue weighted by atomic mass is 10.2. The van der Waals surface area contributed by atoms with Gasteiger partial charge in [0.25, 0.3) is 11.9 Å². The second-order valence-corrected chi connectivity index (χ2v) is 4.44.